The smallest absolute Gasteiger partial charge is 0.254 e. The number of nitrogens with zero attached hydrogens (tertiary/aromatic N) is 2. The van der Waals surface area contributed by atoms with Crippen LogP contribution in [-0.4, -0.2) is 68.6 Å². The number of amides is 2. The summed E-state index contributed by atoms with van der Waals surface area (Å²) in [5.74, 6) is 0.265. The molecular weight excluding hydrogens is 462 g/mol. The molecule has 4 rings (SSSR count). The zero-order valence-electron chi connectivity index (χ0n) is 21.2. The molecule has 7 nitrogen and oxygen atoms in total. The van der Waals surface area contributed by atoms with Gasteiger partial charge < -0.3 is 24.6 Å². The van der Waals surface area contributed by atoms with E-state index in [0.29, 0.717) is 35.2 Å². The fraction of sp³-hybridized carbons (Fsp3) is 0.556. The van der Waals surface area contributed by atoms with Crippen molar-refractivity contribution in [1.29, 1.82) is 0 Å². The molecule has 1 fully saturated rings. The van der Waals surface area contributed by atoms with Crippen LogP contribution in [0.1, 0.15) is 71.8 Å². The molecule has 1 saturated heterocycles. The zero-order chi connectivity index (χ0) is 24.9. The van der Waals surface area contributed by atoms with Crippen molar-refractivity contribution in [3.8, 4) is 11.5 Å². The molecular formula is C27H37N3O4S. The molecule has 2 amide bonds. The maximum absolute atomic E-state index is 13.7. The Morgan fingerprint density at radius 2 is 1.97 bits per heavy atom. The van der Waals surface area contributed by atoms with Gasteiger partial charge in [-0.25, -0.2) is 0 Å². The number of rotatable bonds is 9. The Morgan fingerprint density at radius 3 is 2.66 bits per heavy atom. The van der Waals surface area contributed by atoms with E-state index in [1.165, 1.54) is 25.7 Å². The standard InChI is InChI=1S/C27H37N3O4S/c1-5-18-10-6-7-13-30(18)14-9-12-28-26(31)24-19-16-21(33-3)22(34-4)17-20(19)27(32)29(2)25(24)23-11-8-15-35-23/h8,11,15-18,24-25H,5-7,9-10,12-14H2,1-4H3,(H,28,31)/t18-,24+,25+/m1/s1. The lowest BCUT2D eigenvalue weighted by atomic mass is 9.81. The van der Waals surface area contributed by atoms with Crippen LogP contribution in [0.2, 0.25) is 0 Å². The minimum Gasteiger partial charge on any atom is -0.493 e. The van der Waals surface area contributed by atoms with Gasteiger partial charge >= 0.3 is 0 Å². The Morgan fingerprint density at radius 1 is 1.20 bits per heavy atom. The van der Waals surface area contributed by atoms with Crippen LogP contribution in [0.3, 0.4) is 0 Å². The van der Waals surface area contributed by atoms with Crippen molar-refractivity contribution in [2.75, 3.05) is 40.9 Å². The number of methoxy groups -OCH3 is 2. The third kappa shape index (κ3) is 5.19. The summed E-state index contributed by atoms with van der Waals surface area (Å²) in [6.45, 7) is 5.02. The molecule has 190 valence electrons. The molecule has 0 bridgehead atoms. The minimum absolute atomic E-state index is 0.0677. The number of benzene rings is 1. The summed E-state index contributed by atoms with van der Waals surface area (Å²) < 4.78 is 11.0. The molecule has 1 N–H and O–H groups in total. The number of carbonyl (C=O) groups excluding carboxylic acids is 2. The first-order chi connectivity index (χ1) is 17.0. The number of ether oxygens (including phenoxy) is 2. The predicted molar refractivity (Wildman–Crippen MR) is 139 cm³/mol. The first kappa shape index (κ1) is 25.5. The maximum Gasteiger partial charge on any atom is 0.254 e. The van der Waals surface area contributed by atoms with E-state index >= 15 is 0 Å². The third-order valence-corrected chi connectivity index (χ3v) is 8.38. The average Bonchev–Trinajstić information content (AvgIpc) is 3.42. The number of hydrogen-bond acceptors (Lipinski definition) is 6. The lowest BCUT2D eigenvalue weighted by Crippen LogP contribution is -2.46. The van der Waals surface area contributed by atoms with Crippen molar-refractivity contribution in [3.05, 3.63) is 45.6 Å². The Hall–Kier alpha value is -2.58. The van der Waals surface area contributed by atoms with Gasteiger partial charge in [-0.15, -0.1) is 11.3 Å². The maximum atomic E-state index is 13.7. The number of hydrogen-bond donors (Lipinski definition) is 1. The van der Waals surface area contributed by atoms with Gasteiger partial charge in [0.15, 0.2) is 11.5 Å². The topological polar surface area (TPSA) is 71.1 Å². The molecule has 2 aliphatic heterocycles. The van der Waals surface area contributed by atoms with E-state index in [-0.39, 0.29) is 17.9 Å². The van der Waals surface area contributed by atoms with Crippen LogP contribution in [0.15, 0.2) is 29.6 Å². The monoisotopic (exact) mass is 499 g/mol. The van der Waals surface area contributed by atoms with E-state index in [1.807, 2.05) is 17.5 Å². The van der Waals surface area contributed by atoms with Crippen molar-refractivity contribution in [2.24, 2.45) is 0 Å². The largest absolute Gasteiger partial charge is 0.493 e. The predicted octanol–water partition coefficient (Wildman–Crippen LogP) is 4.45. The van der Waals surface area contributed by atoms with Gasteiger partial charge in [0, 0.05) is 36.6 Å². The van der Waals surface area contributed by atoms with E-state index in [1.54, 1.807) is 49.6 Å². The molecule has 0 radical (unpaired) electrons. The third-order valence-electron chi connectivity index (χ3n) is 7.43. The summed E-state index contributed by atoms with van der Waals surface area (Å²) in [6, 6.07) is 7.73. The lowest BCUT2D eigenvalue weighted by Gasteiger charge is -2.39. The van der Waals surface area contributed by atoms with Crippen molar-refractivity contribution in [1.82, 2.24) is 15.1 Å². The van der Waals surface area contributed by atoms with Crippen LogP contribution in [0, 0.1) is 0 Å². The van der Waals surface area contributed by atoms with E-state index in [2.05, 4.69) is 17.1 Å². The van der Waals surface area contributed by atoms with E-state index in [9.17, 15) is 9.59 Å². The van der Waals surface area contributed by atoms with Gasteiger partial charge in [0.25, 0.3) is 5.91 Å². The first-order valence-corrected chi connectivity index (χ1v) is 13.5. The van der Waals surface area contributed by atoms with Crippen LogP contribution in [0.25, 0.3) is 0 Å². The van der Waals surface area contributed by atoms with Crippen LogP contribution in [-0.2, 0) is 4.79 Å². The van der Waals surface area contributed by atoms with Crippen LogP contribution in [0.5, 0.6) is 11.5 Å². The zero-order valence-corrected chi connectivity index (χ0v) is 22.0. The Kier molecular flexibility index (Phi) is 8.34. The van der Waals surface area contributed by atoms with Crippen molar-refractivity contribution >= 4 is 23.2 Å². The Balaban J connectivity index is 1.57. The molecule has 0 aliphatic carbocycles. The molecule has 35 heavy (non-hydrogen) atoms. The van der Waals surface area contributed by atoms with Gasteiger partial charge in [-0.05, 0) is 61.4 Å². The van der Waals surface area contributed by atoms with Crippen LogP contribution in [0.4, 0.5) is 0 Å². The SMILES string of the molecule is CC[C@@H]1CCCCN1CCCNC(=O)[C@H]1c2cc(OC)c(OC)cc2C(=O)N(C)[C@H]1c1cccs1. The number of thiophene rings is 1. The summed E-state index contributed by atoms with van der Waals surface area (Å²) in [5.41, 5.74) is 1.17. The highest BCUT2D eigenvalue weighted by Crippen LogP contribution is 2.46. The van der Waals surface area contributed by atoms with Gasteiger partial charge in [0.05, 0.1) is 26.2 Å². The highest BCUT2D eigenvalue weighted by atomic mass is 32.1. The average molecular weight is 500 g/mol. The first-order valence-electron chi connectivity index (χ1n) is 12.6. The van der Waals surface area contributed by atoms with Crippen molar-refractivity contribution < 1.29 is 19.1 Å². The fourth-order valence-corrected chi connectivity index (χ4v) is 6.47. The molecule has 2 aromatic rings. The van der Waals surface area contributed by atoms with E-state index in [4.69, 9.17) is 9.47 Å². The molecule has 1 aromatic carbocycles. The van der Waals surface area contributed by atoms with Gasteiger partial charge in [0.2, 0.25) is 5.91 Å². The lowest BCUT2D eigenvalue weighted by molar-refractivity contribution is -0.124. The summed E-state index contributed by atoms with van der Waals surface area (Å²) in [5, 5.41) is 5.17. The summed E-state index contributed by atoms with van der Waals surface area (Å²) in [7, 11) is 4.89. The molecule has 0 saturated carbocycles. The summed E-state index contributed by atoms with van der Waals surface area (Å²) in [4.78, 5) is 32.3. The van der Waals surface area contributed by atoms with Crippen molar-refractivity contribution in [2.45, 2.75) is 57.0 Å². The second-order valence-corrected chi connectivity index (χ2v) is 10.4. The number of likely N-dealkylation sites (tertiary alicyclic amines) is 1. The fourth-order valence-electron chi connectivity index (χ4n) is 5.57. The highest BCUT2D eigenvalue weighted by molar-refractivity contribution is 7.10. The van der Waals surface area contributed by atoms with Gasteiger partial charge in [-0.2, -0.15) is 0 Å². The normalized spacial score (nSPS) is 22.6. The van der Waals surface area contributed by atoms with Gasteiger partial charge in [-0.1, -0.05) is 19.4 Å². The van der Waals surface area contributed by atoms with E-state index < -0.39 is 5.92 Å². The molecule has 2 aliphatic rings. The van der Waals surface area contributed by atoms with Gasteiger partial charge in [-0.3, -0.25) is 9.59 Å². The summed E-state index contributed by atoms with van der Waals surface area (Å²) >= 11 is 1.56. The molecule has 8 heteroatoms. The second kappa shape index (κ2) is 11.4. The van der Waals surface area contributed by atoms with Crippen LogP contribution < -0.4 is 14.8 Å². The van der Waals surface area contributed by atoms with E-state index in [0.717, 1.165) is 24.4 Å². The summed E-state index contributed by atoms with van der Waals surface area (Å²) in [6.07, 6.45) is 5.94. The number of nitrogens with one attached hydrogen (secondary N) is 1. The second-order valence-electron chi connectivity index (χ2n) is 9.39. The number of carbonyl (C=O) groups is 2. The number of likely N-dealkylation sites (N-methyl/N-ethyl adjacent to an activating group) is 1. The van der Waals surface area contributed by atoms with Crippen LogP contribution >= 0.6 is 11.3 Å². The minimum atomic E-state index is -0.537. The molecule has 3 atom stereocenters. The molecule has 1 aromatic heterocycles. The Bertz CT molecular complexity index is 1030. The highest BCUT2D eigenvalue weighted by Gasteiger charge is 2.44. The molecule has 0 spiro atoms. The van der Waals surface area contributed by atoms with Gasteiger partial charge in [0.1, 0.15) is 0 Å². The molecule has 3 heterocycles. The Labute approximate surface area is 212 Å². The molecule has 0 unspecified atom stereocenters. The number of fused-ring (bicyclic) bond motifs is 1. The number of piperidine rings is 1. The quantitative estimate of drug-likeness (QED) is 0.517. The van der Waals surface area contributed by atoms with Crippen molar-refractivity contribution in [3.63, 3.8) is 0 Å².